The Bertz CT molecular complexity index is 678. The predicted octanol–water partition coefficient (Wildman–Crippen LogP) is 3.43. The van der Waals surface area contributed by atoms with Crippen molar-refractivity contribution in [3.8, 4) is 0 Å². The third-order valence-corrected chi connectivity index (χ3v) is 4.02. The second kappa shape index (κ2) is 8.12. The summed E-state index contributed by atoms with van der Waals surface area (Å²) in [5.74, 6) is 0. The predicted molar refractivity (Wildman–Crippen MR) is 85.1 cm³/mol. The summed E-state index contributed by atoms with van der Waals surface area (Å²) in [6.07, 6.45) is 2.55. The van der Waals surface area contributed by atoms with Gasteiger partial charge in [0, 0.05) is 12.0 Å². The fourth-order valence-electron chi connectivity index (χ4n) is 2.16. The van der Waals surface area contributed by atoms with Crippen molar-refractivity contribution in [2.75, 3.05) is 6.61 Å². The van der Waals surface area contributed by atoms with Crippen molar-refractivity contribution >= 4 is 20.9 Å². The van der Waals surface area contributed by atoms with Crippen molar-refractivity contribution in [3.63, 3.8) is 0 Å². The lowest BCUT2D eigenvalue weighted by molar-refractivity contribution is 0.318. The van der Waals surface area contributed by atoms with Crippen LogP contribution < -0.4 is 0 Å². The van der Waals surface area contributed by atoms with Crippen LogP contribution in [0.2, 0.25) is 0 Å². The van der Waals surface area contributed by atoms with Crippen molar-refractivity contribution in [1.82, 2.24) is 0 Å². The van der Waals surface area contributed by atoms with Gasteiger partial charge >= 0.3 is 0 Å². The lowest BCUT2D eigenvalue weighted by Crippen LogP contribution is -2.04. The Morgan fingerprint density at radius 3 is 2.24 bits per heavy atom. The molecule has 0 atom stereocenters. The molecule has 116 valence electrons. The van der Waals surface area contributed by atoms with Crippen LogP contribution >= 0.6 is 0 Å². The van der Waals surface area contributed by atoms with Crippen molar-refractivity contribution in [2.24, 2.45) is 0 Å². The number of unbranched alkanes of at least 4 members (excludes halogenated alkanes) is 1. The number of fused-ring (bicyclic) bond motifs is 1. The molecule has 0 amide bonds. The summed E-state index contributed by atoms with van der Waals surface area (Å²) in [4.78, 5) is 0.0639. The number of hydrogen-bond donors (Lipinski definition) is 2. The van der Waals surface area contributed by atoms with Crippen molar-refractivity contribution in [2.45, 2.75) is 38.0 Å². The van der Waals surface area contributed by atoms with Crippen LogP contribution in [0.4, 0.5) is 0 Å². The maximum absolute atomic E-state index is 11.6. The molecule has 4 nitrogen and oxygen atoms in total. The molecule has 0 aromatic heterocycles. The van der Waals surface area contributed by atoms with Crippen LogP contribution in [0.5, 0.6) is 0 Å². The minimum Gasteiger partial charge on any atom is -0.397 e. The first-order valence-corrected chi connectivity index (χ1v) is 8.48. The smallest absolute Gasteiger partial charge is 0.295 e. The zero-order valence-corrected chi connectivity index (χ0v) is 13.2. The Morgan fingerprint density at radius 1 is 1.05 bits per heavy atom. The molecular weight excluding hydrogens is 288 g/mol. The number of rotatable bonds is 4. The van der Waals surface area contributed by atoms with Crippen molar-refractivity contribution in [1.29, 1.82) is 0 Å². The number of aliphatic hydroxyl groups is 1. The van der Waals surface area contributed by atoms with Crippen LogP contribution in [-0.4, -0.2) is 24.7 Å². The molecule has 0 saturated heterocycles. The molecule has 0 spiro atoms. The summed E-state index contributed by atoms with van der Waals surface area (Å²) in [7, 11) is -4.19. The quantitative estimate of drug-likeness (QED) is 0.848. The van der Waals surface area contributed by atoms with Crippen LogP contribution in [-0.2, 0) is 16.5 Å². The Morgan fingerprint density at radius 2 is 1.67 bits per heavy atom. The van der Waals surface area contributed by atoms with E-state index in [1.165, 1.54) is 0 Å². The van der Waals surface area contributed by atoms with E-state index in [1.807, 2.05) is 25.1 Å². The lowest BCUT2D eigenvalue weighted by Gasteiger charge is -2.10. The Hall–Kier alpha value is -1.43. The number of aryl methyl sites for hydroxylation is 1. The van der Waals surface area contributed by atoms with Gasteiger partial charge < -0.3 is 5.11 Å². The molecule has 5 heteroatoms. The number of aliphatic hydroxyl groups excluding tert-OH is 1. The van der Waals surface area contributed by atoms with Gasteiger partial charge in [-0.2, -0.15) is 8.42 Å². The molecule has 2 aromatic rings. The van der Waals surface area contributed by atoms with Crippen molar-refractivity contribution < 1.29 is 18.1 Å². The van der Waals surface area contributed by atoms with Gasteiger partial charge in [-0.1, -0.05) is 49.7 Å². The molecule has 2 aromatic carbocycles. The van der Waals surface area contributed by atoms with Gasteiger partial charge in [0.2, 0.25) is 0 Å². The summed E-state index contributed by atoms with van der Waals surface area (Å²) in [5.41, 5.74) is 0.693. The van der Waals surface area contributed by atoms with Gasteiger partial charge in [-0.25, -0.2) is 0 Å². The van der Waals surface area contributed by atoms with E-state index in [9.17, 15) is 13.0 Å². The molecule has 21 heavy (non-hydrogen) atoms. The Balaban J connectivity index is 0.000000677. The molecule has 2 rings (SSSR count). The molecule has 0 bridgehead atoms. The fraction of sp³-hybridized carbons (Fsp3) is 0.375. The highest BCUT2D eigenvalue weighted by atomic mass is 32.2. The average Bonchev–Trinajstić information content (AvgIpc) is 2.44. The lowest BCUT2D eigenvalue weighted by atomic mass is 10.0. The summed E-state index contributed by atoms with van der Waals surface area (Å²) < 4.78 is 32.6. The summed E-state index contributed by atoms with van der Waals surface area (Å²) in [6, 6.07) is 10.9. The first-order valence-electron chi connectivity index (χ1n) is 7.04. The van der Waals surface area contributed by atoms with E-state index in [0.717, 1.165) is 18.2 Å². The second-order valence-corrected chi connectivity index (χ2v) is 6.03. The molecule has 0 fully saturated rings. The van der Waals surface area contributed by atoms with Gasteiger partial charge in [-0.05, 0) is 30.7 Å². The van der Waals surface area contributed by atoms with Crippen LogP contribution in [0, 0.1) is 0 Å². The molecule has 0 radical (unpaired) electrons. The van der Waals surface area contributed by atoms with E-state index in [4.69, 9.17) is 5.11 Å². The molecule has 0 heterocycles. The van der Waals surface area contributed by atoms with E-state index in [0.29, 0.717) is 17.4 Å². The van der Waals surface area contributed by atoms with Gasteiger partial charge in [0.1, 0.15) is 4.90 Å². The van der Waals surface area contributed by atoms with Gasteiger partial charge in [-0.15, -0.1) is 0 Å². The largest absolute Gasteiger partial charge is 0.397 e. The monoisotopic (exact) mass is 310 g/mol. The summed E-state index contributed by atoms with van der Waals surface area (Å²) >= 11 is 0. The van der Waals surface area contributed by atoms with E-state index in [-0.39, 0.29) is 11.5 Å². The van der Waals surface area contributed by atoms with Crippen LogP contribution in [0.25, 0.3) is 10.8 Å². The molecule has 0 unspecified atom stereocenters. The van der Waals surface area contributed by atoms with Gasteiger partial charge in [0.15, 0.2) is 0 Å². The maximum atomic E-state index is 11.6. The summed E-state index contributed by atoms with van der Waals surface area (Å²) in [5, 5.41) is 8.99. The van der Waals surface area contributed by atoms with E-state index in [2.05, 4.69) is 0 Å². The van der Waals surface area contributed by atoms with Crippen LogP contribution in [0.3, 0.4) is 0 Å². The topological polar surface area (TPSA) is 74.6 Å². The van der Waals surface area contributed by atoms with Crippen molar-refractivity contribution in [3.05, 3.63) is 42.0 Å². The third-order valence-electron chi connectivity index (χ3n) is 3.02. The molecule has 0 aliphatic carbocycles. The average molecular weight is 310 g/mol. The van der Waals surface area contributed by atoms with Crippen LogP contribution in [0.1, 0.15) is 32.3 Å². The Labute approximate surface area is 126 Å². The molecular formula is C16H22O4S. The second-order valence-electron chi connectivity index (χ2n) is 4.67. The van der Waals surface area contributed by atoms with Crippen LogP contribution in [0.15, 0.2) is 41.3 Å². The highest BCUT2D eigenvalue weighted by molar-refractivity contribution is 7.86. The normalized spacial score (nSPS) is 11.0. The summed E-state index contributed by atoms with van der Waals surface area (Å²) in [6.45, 7) is 3.98. The highest BCUT2D eigenvalue weighted by Crippen LogP contribution is 2.27. The van der Waals surface area contributed by atoms with Gasteiger partial charge in [-0.3, -0.25) is 4.55 Å². The minimum absolute atomic E-state index is 0.0639. The molecule has 0 aliphatic heterocycles. The van der Waals surface area contributed by atoms with E-state index < -0.39 is 10.1 Å². The molecule has 0 aliphatic rings. The number of benzene rings is 2. The molecule has 0 saturated carbocycles. The zero-order valence-electron chi connectivity index (χ0n) is 12.4. The Kier molecular flexibility index (Phi) is 6.81. The van der Waals surface area contributed by atoms with Gasteiger partial charge in [0.25, 0.3) is 10.1 Å². The molecule has 2 N–H and O–H groups in total. The van der Waals surface area contributed by atoms with Gasteiger partial charge in [0.05, 0.1) is 0 Å². The number of hydrogen-bond acceptors (Lipinski definition) is 3. The fourth-order valence-corrected chi connectivity index (χ4v) is 3.12. The zero-order chi connectivity index (χ0) is 15.9. The minimum atomic E-state index is -4.19. The van der Waals surface area contributed by atoms with E-state index >= 15 is 0 Å². The first kappa shape index (κ1) is 17.6. The first-order chi connectivity index (χ1) is 9.95. The van der Waals surface area contributed by atoms with E-state index in [1.54, 1.807) is 25.1 Å². The third kappa shape index (κ3) is 4.81. The SMILES string of the molecule is CCCCc1ccc2ccccc2c1S(=O)(=O)O.CCO. The maximum Gasteiger partial charge on any atom is 0.295 e. The standard InChI is InChI=1S/C14H16O3S.C2H6O/c1-2-3-6-12-10-9-11-7-4-5-8-13(11)14(12)18(15,16)17;1-2-3/h4-5,7-10H,2-3,6H2,1H3,(H,15,16,17);3H,2H2,1H3. The highest BCUT2D eigenvalue weighted by Gasteiger charge is 2.18.